The largest absolute Gasteiger partial charge is 0.464 e. The average molecular weight is 337 g/mol. The second-order valence-corrected chi connectivity index (χ2v) is 5.55. The number of fused-ring (bicyclic) bond motifs is 1. The molecule has 0 bridgehead atoms. The van der Waals surface area contributed by atoms with Crippen LogP contribution in [0.2, 0.25) is 0 Å². The van der Waals surface area contributed by atoms with E-state index in [1.54, 1.807) is 7.05 Å². The zero-order valence-electron chi connectivity index (χ0n) is 13.1. The van der Waals surface area contributed by atoms with E-state index in [4.69, 9.17) is 4.42 Å². The second kappa shape index (κ2) is 5.95. The van der Waals surface area contributed by atoms with Gasteiger partial charge >= 0.3 is 6.03 Å². The van der Waals surface area contributed by atoms with E-state index in [-0.39, 0.29) is 18.8 Å². The molecule has 0 aromatic carbocycles. The Bertz CT molecular complexity index is 718. The number of urea groups is 1. The number of carbonyl (C=O) groups is 3. The lowest BCUT2D eigenvalue weighted by Gasteiger charge is -2.39. The zero-order chi connectivity index (χ0) is 17.4. The molecule has 2 atom stereocenters. The Hall–Kier alpha value is -2.91. The van der Waals surface area contributed by atoms with Gasteiger partial charge in [-0.3, -0.25) is 14.5 Å². The van der Waals surface area contributed by atoms with E-state index < -0.39 is 35.9 Å². The molecule has 0 saturated carbocycles. The molecule has 0 spiro atoms. The summed E-state index contributed by atoms with van der Waals surface area (Å²) in [4.78, 5) is 44.2. The smallest absolute Gasteiger partial charge is 0.328 e. The van der Waals surface area contributed by atoms with Crippen LogP contribution in [-0.4, -0.2) is 71.7 Å². The molecule has 1 fully saturated rings. The van der Waals surface area contributed by atoms with E-state index in [1.807, 2.05) is 0 Å². The molecule has 0 radical (unpaired) electrons. The molecule has 10 heteroatoms. The molecule has 3 heterocycles. The molecule has 9 nitrogen and oxygen atoms in total. The first-order valence-corrected chi connectivity index (χ1v) is 7.22. The number of aliphatic imine (C=N–C) groups is 1. The van der Waals surface area contributed by atoms with Gasteiger partial charge in [0, 0.05) is 20.2 Å². The molecule has 1 saturated heterocycles. The lowest BCUT2D eigenvalue weighted by molar-refractivity contribution is -0.136. The Morgan fingerprint density at radius 2 is 2.17 bits per heavy atom. The van der Waals surface area contributed by atoms with Crippen molar-refractivity contribution in [2.24, 2.45) is 4.99 Å². The topological polar surface area (TPSA) is 98.5 Å². The Kier molecular flexibility index (Phi) is 3.96. The number of amides is 4. The van der Waals surface area contributed by atoms with Crippen molar-refractivity contribution in [2.45, 2.75) is 18.8 Å². The molecule has 4 amide bonds. The van der Waals surface area contributed by atoms with Gasteiger partial charge in [0.2, 0.25) is 5.91 Å². The number of nitrogens with zero attached hydrogens (tertiary/aromatic N) is 4. The van der Waals surface area contributed by atoms with Crippen LogP contribution in [0.5, 0.6) is 0 Å². The van der Waals surface area contributed by atoms with Crippen LogP contribution < -0.4 is 5.32 Å². The average Bonchev–Trinajstić information content (AvgIpc) is 3.15. The monoisotopic (exact) mass is 337 g/mol. The van der Waals surface area contributed by atoms with Gasteiger partial charge < -0.3 is 19.5 Å². The molecule has 0 aliphatic carbocycles. The number of imide groups is 1. The van der Waals surface area contributed by atoms with Gasteiger partial charge in [-0.05, 0) is 0 Å². The number of nitrogens with one attached hydrogen (secondary N) is 1. The van der Waals surface area contributed by atoms with Crippen LogP contribution in [0, 0.1) is 5.82 Å². The van der Waals surface area contributed by atoms with Crippen molar-refractivity contribution in [3.05, 3.63) is 23.9 Å². The number of carbonyl (C=O) groups excluding carboxylic acids is 3. The highest BCUT2D eigenvalue weighted by Crippen LogP contribution is 2.24. The minimum absolute atomic E-state index is 0.0233. The van der Waals surface area contributed by atoms with E-state index in [1.165, 1.54) is 29.4 Å². The summed E-state index contributed by atoms with van der Waals surface area (Å²) in [6.07, 6.45) is 1.91. The maximum atomic E-state index is 13.2. The van der Waals surface area contributed by atoms with Crippen LogP contribution in [0.25, 0.3) is 0 Å². The number of halogens is 1. The number of likely N-dealkylation sites (N-methyl/N-ethyl adjacent to an activating group) is 2. The summed E-state index contributed by atoms with van der Waals surface area (Å²) < 4.78 is 18.1. The number of hydrogen-bond acceptors (Lipinski definition) is 6. The van der Waals surface area contributed by atoms with Crippen molar-refractivity contribution in [3.63, 3.8) is 0 Å². The molecule has 2 aliphatic rings. The Morgan fingerprint density at radius 3 is 2.83 bits per heavy atom. The van der Waals surface area contributed by atoms with Crippen LogP contribution in [0.1, 0.15) is 5.76 Å². The van der Waals surface area contributed by atoms with Crippen molar-refractivity contribution >= 4 is 24.2 Å². The summed E-state index contributed by atoms with van der Waals surface area (Å²) in [5.41, 5.74) is 0. The van der Waals surface area contributed by atoms with Gasteiger partial charge in [-0.2, -0.15) is 0 Å². The molecule has 2 aliphatic heterocycles. The van der Waals surface area contributed by atoms with E-state index in [9.17, 15) is 18.8 Å². The predicted octanol–water partition coefficient (Wildman–Crippen LogP) is -0.403. The van der Waals surface area contributed by atoms with Gasteiger partial charge in [0.1, 0.15) is 0 Å². The normalized spacial score (nSPS) is 23.0. The van der Waals surface area contributed by atoms with Gasteiger partial charge in [0.25, 0.3) is 5.91 Å². The first kappa shape index (κ1) is 16.0. The lowest BCUT2D eigenvalue weighted by Crippen LogP contribution is -2.64. The van der Waals surface area contributed by atoms with E-state index >= 15 is 0 Å². The highest BCUT2D eigenvalue weighted by atomic mass is 19.1. The summed E-state index contributed by atoms with van der Waals surface area (Å²) in [5, 5.41) is 2.51. The summed E-state index contributed by atoms with van der Waals surface area (Å²) in [5.74, 6) is -1.36. The van der Waals surface area contributed by atoms with Gasteiger partial charge in [0.15, 0.2) is 23.8 Å². The maximum absolute atomic E-state index is 13.2. The van der Waals surface area contributed by atoms with Crippen LogP contribution >= 0.6 is 0 Å². The molecule has 24 heavy (non-hydrogen) atoms. The fourth-order valence-electron chi connectivity index (χ4n) is 2.69. The predicted molar refractivity (Wildman–Crippen MR) is 79.2 cm³/mol. The van der Waals surface area contributed by atoms with Crippen LogP contribution in [0.15, 0.2) is 21.7 Å². The third kappa shape index (κ3) is 2.59. The van der Waals surface area contributed by atoms with E-state index in [0.717, 1.165) is 11.0 Å². The lowest BCUT2D eigenvalue weighted by atomic mass is 10.1. The molecule has 1 aromatic heterocycles. The third-order valence-electron chi connectivity index (χ3n) is 4.04. The highest BCUT2D eigenvalue weighted by Gasteiger charge is 2.48. The first-order chi connectivity index (χ1) is 11.4. The Labute approximate surface area is 136 Å². The van der Waals surface area contributed by atoms with Crippen LogP contribution in [0.3, 0.4) is 0 Å². The van der Waals surface area contributed by atoms with Gasteiger partial charge in [-0.25, -0.2) is 14.2 Å². The van der Waals surface area contributed by atoms with E-state index in [0.29, 0.717) is 0 Å². The molecule has 1 aromatic rings. The number of rotatable bonds is 4. The fraction of sp³-hybridized carbons (Fsp3) is 0.429. The van der Waals surface area contributed by atoms with E-state index in [2.05, 4.69) is 10.3 Å². The second-order valence-electron chi connectivity index (χ2n) is 5.55. The van der Waals surface area contributed by atoms with Crippen molar-refractivity contribution in [3.8, 4) is 0 Å². The quantitative estimate of drug-likeness (QED) is 0.806. The summed E-state index contributed by atoms with van der Waals surface area (Å²) in [6.45, 7) is -0.239. The van der Waals surface area contributed by atoms with Crippen molar-refractivity contribution in [1.82, 2.24) is 20.0 Å². The molecule has 1 N–H and O–H groups in total. The van der Waals surface area contributed by atoms with Crippen LogP contribution in [0.4, 0.5) is 9.18 Å². The molecular weight excluding hydrogens is 321 g/mol. The Morgan fingerprint density at radius 1 is 1.42 bits per heavy atom. The number of hydrogen-bond donors (Lipinski definition) is 1. The summed E-state index contributed by atoms with van der Waals surface area (Å²) in [7, 11) is 2.93. The van der Waals surface area contributed by atoms with Crippen molar-refractivity contribution < 1.29 is 23.2 Å². The van der Waals surface area contributed by atoms with Crippen molar-refractivity contribution in [1.29, 1.82) is 0 Å². The Balaban J connectivity index is 1.62. The molecule has 3 rings (SSSR count). The molecule has 128 valence electrons. The SMILES string of the molecule is CN1C(=O)C2C(N=CN2CC(=O)NCc2occc2F)N(C)C1=O. The fourth-order valence-corrected chi connectivity index (χ4v) is 2.69. The summed E-state index contributed by atoms with van der Waals surface area (Å²) >= 11 is 0. The first-order valence-electron chi connectivity index (χ1n) is 7.22. The molecule has 2 unspecified atom stereocenters. The van der Waals surface area contributed by atoms with Gasteiger partial charge in [-0.1, -0.05) is 0 Å². The highest BCUT2D eigenvalue weighted by molar-refractivity contribution is 6.02. The number of furan rings is 1. The van der Waals surface area contributed by atoms with Gasteiger partial charge in [0.05, 0.1) is 25.7 Å². The third-order valence-corrected chi connectivity index (χ3v) is 4.04. The maximum Gasteiger partial charge on any atom is 0.328 e. The minimum Gasteiger partial charge on any atom is -0.464 e. The van der Waals surface area contributed by atoms with Crippen LogP contribution in [-0.2, 0) is 16.1 Å². The minimum atomic E-state index is -0.746. The molecular formula is C14H16FN5O4. The standard InChI is InChI=1S/C14H16FN5O4/c1-18-12-11(13(22)19(2)14(18)23)20(7-17-12)6-10(21)16-5-9-8(15)3-4-24-9/h3-4,7,11-12H,5-6H2,1-2H3,(H,16,21). The van der Waals surface area contributed by atoms with Gasteiger partial charge in [-0.15, -0.1) is 0 Å². The summed E-state index contributed by atoms with van der Waals surface area (Å²) in [6, 6.07) is -0.0374. The van der Waals surface area contributed by atoms with Crippen molar-refractivity contribution in [2.75, 3.05) is 20.6 Å². The zero-order valence-corrected chi connectivity index (χ0v) is 13.1.